The zero-order valence-electron chi connectivity index (χ0n) is 15.1. The monoisotopic (exact) mass is 399 g/mol. The summed E-state index contributed by atoms with van der Waals surface area (Å²) in [6.07, 6.45) is 5.19. The third-order valence-electron chi connectivity index (χ3n) is 4.56. The van der Waals surface area contributed by atoms with E-state index < -0.39 is 0 Å². The van der Waals surface area contributed by atoms with Crippen molar-refractivity contribution >= 4 is 22.5 Å². The van der Waals surface area contributed by atoms with E-state index in [0.29, 0.717) is 10.7 Å². The van der Waals surface area contributed by atoms with Crippen LogP contribution < -0.4 is 5.43 Å². The lowest BCUT2D eigenvalue weighted by Crippen LogP contribution is -2.13. The van der Waals surface area contributed by atoms with Gasteiger partial charge in [0.05, 0.1) is 16.9 Å². The number of halogens is 1. The number of benzene rings is 2. The van der Waals surface area contributed by atoms with Crippen molar-refractivity contribution in [3.63, 3.8) is 0 Å². The molecule has 5 aromatic rings. The molecule has 2 aromatic carbocycles. The molecule has 0 unspecified atom stereocenters. The molecule has 3 heterocycles. The highest BCUT2D eigenvalue weighted by Crippen LogP contribution is 2.19. The molecule has 0 atom stereocenters. The molecule has 5 rings (SSSR count). The second kappa shape index (κ2) is 7.00. The molecule has 0 saturated heterocycles. The maximum atomic E-state index is 12.5. The smallest absolute Gasteiger partial charge is 0.209 e. The fraction of sp³-hybridized carbons (Fsp3) is 0. The van der Waals surface area contributed by atoms with Gasteiger partial charge in [0, 0.05) is 35.1 Å². The Hall–Kier alpha value is -3.77. The van der Waals surface area contributed by atoms with Crippen molar-refractivity contribution < 1.29 is 0 Å². The molecule has 3 aromatic heterocycles. The van der Waals surface area contributed by atoms with Gasteiger partial charge in [-0.3, -0.25) is 9.78 Å². The summed E-state index contributed by atoms with van der Waals surface area (Å²) >= 11 is 6.06. The second-order valence-electron chi connectivity index (χ2n) is 6.48. The standard InChI is InChI=1S/C22H14ClN5O/c23-16-4-1-5-17(14-16)27-11-8-20(25-27)22-21(29)9-12-28(26-22)18-6-7-19-15(13-18)3-2-10-24-19/h1-14H. The third kappa shape index (κ3) is 3.30. The van der Waals surface area contributed by atoms with Crippen molar-refractivity contribution in [1.29, 1.82) is 0 Å². The van der Waals surface area contributed by atoms with Gasteiger partial charge in [-0.05, 0) is 48.5 Å². The van der Waals surface area contributed by atoms with Crippen LogP contribution in [0.15, 0.2) is 90.1 Å². The predicted molar refractivity (Wildman–Crippen MR) is 113 cm³/mol. The molecule has 6 nitrogen and oxygen atoms in total. The number of nitrogens with zero attached hydrogens (tertiary/aromatic N) is 5. The van der Waals surface area contributed by atoms with Crippen LogP contribution in [-0.2, 0) is 0 Å². The lowest BCUT2D eigenvalue weighted by Gasteiger charge is -2.07. The number of pyridine rings is 1. The first-order valence-electron chi connectivity index (χ1n) is 8.94. The summed E-state index contributed by atoms with van der Waals surface area (Å²) in [4.78, 5) is 16.8. The van der Waals surface area contributed by atoms with E-state index in [9.17, 15) is 4.79 Å². The van der Waals surface area contributed by atoms with Crippen molar-refractivity contribution in [2.45, 2.75) is 0 Å². The molecule has 0 fully saturated rings. The maximum absolute atomic E-state index is 12.5. The molecule has 0 N–H and O–H groups in total. The van der Waals surface area contributed by atoms with E-state index >= 15 is 0 Å². The molecule has 7 heteroatoms. The average molecular weight is 400 g/mol. The minimum Gasteiger partial charge on any atom is -0.287 e. The van der Waals surface area contributed by atoms with Crippen molar-refractivity contribution in [3.8, 4) is 22.8 Å². The highest BCUT2D eigenvalue weighted by atomic mass is 35.5. The van der Waals surface area contributed by atoms with Crippen LogP contribution in [0.5, 0.6) is 0 Å². The summed E-state index contributed by atoms with van der Waals surface area (Å²) in [5.41, 5.74) is 3.12. The Bertz CT molecular complexity index is 1410. The van der Waals surface area contributed by atoms with Gasteiger partial charge in [-0.25, -0.2) is 9.36 Å². The first-order valence-corrected chi connectivity index (χ1v) is 9.32. The van der Waals surface area contributed by atoms with Gasteiger partial charge in [0.25, 0.3) is 0 Å². The Balaban J connectivity index is 1.57. The molecular formula is C22H14ClN5O. The molecule has 29 heavy (non-hydrogen) atoms. The Morgan fingerprint density at radius 2 is 1.62 bits per heavy atom. The quantitative estimate of drug-likeness (QED) is 0.454. The normalized spacial score (nSPS) is 11.1. The van der Waals surface area contributed by atoms with Crippen LogP contribution >= 0.6 is 11.6 Å². The van der Waals surface area contributed by atoms with E-state index in [1.54, 1.807) is 46.2 Å². The molecule has 0 amide bonds. The fourth-order valence-electron chi connectivity index (χ4n) is 3.15. The van der Waals surface area contributed by atoms with Crippen LogP contribution in [0.4, 0.5) is 0 Å². The van der Waals surface area contributed by atoms with E-state index in [1.807, 2.05) is 42.5 Å². The zero-order valence-corrected chi connectivity index (χ0v) is 15.9. The van der Waals surface area contributed by atoms with Gasteiger partial charge in [0.1, 0.15) is 5.69 Å². The van der Waals surface area contributed by atoms with E-state index in [0.717, 1.165) is 22.3 Å². The summed E-state index contributed by atoms with van der Waals surface area (Å²) < 4.78 is 3.34. The molecule has 0 aliphatic rings. The van der Waals surface area contributed by atoms with Gasteiger partial charge in [0.15, 0.2) is 5.69 Å². The molecule has 0 saturated carbocycles. The zero-order chi connectivity index (χ0) is 19.8. The van der Waals surface area contributed by atoms with E-state index in [2.05, 4.69) is 15.2 Å². The Morgan fingerprint density at radius 1 is 0.793 bits per heavy atom. The highest BCUT2D eigenvalue weighted by molar-refractivity contribution is 6.30. The Labute approximate surface area is 170 Å². The third-order valence-corrected chi connectivity index (χ3v) is 4.80. The summed E-state index contributed by atoms with van der Waals surface area (Å²) in [7, 11) is 0. The summed E-state index contributed by atoms with van der Waals surface area (Å²) in [5.74, 6) is 0. The van der Waals surface area contributed by atoms with Crippen LogP contribution in [0.3, 0.4) is 0 Å². The summed E-state index contributed by atoms with van der Waals surface area (Å²) in [6.45, 7) is 0. The van der Waals surface area contributed by atoms with Crippen LogP contribution in [0.1, 0.15) is 0 Å². The molecule has 0 radical (unpaired) electrons. The fourth-order valence-corrected chi connectivity index (χ4v) is 3.33. The first kappa shape index (κ1) is 17.3. The SMILES string of the molecule is O=c1ccn(-c2ccc3ncccc3c2)nc1-c1ccn(-c2cccc(Cl)c2)n1. The van der Waals surface area contributed by atoms with Crippen LogP contribution in [0, 0.1) is 0 Å². The van der Waals surface area contributed by atoms with E-state index in [4.69, 9.17) is 11.6 Å². The van der Waals surface area contributed by atoms with Gasteiger partial charge in [-0.15, -0.1) is 0 Å². The number of aromatic nitrogens is 5. The first-order chi connectivity index (χ1) is 14.2. The average Bonchev–Trinajstić information content (AvgIpc) is 3.24. The van der Waals surface area contributed by atoms with Crippen molar-refractivity contribution in [3.05, 3.63) is 101 Å². The number of hydrogen-bond acceptors (Lipinski definition) is 4. The van der Waals surface area contributed by atoms with Crippen molar-refractivity contribution in [2.75, 3.05) is 0 Å². The number of rotatable bonds is 3. The molecule has 0 aliphatic carbocycles. The van der Waals surface area contributed by atoms with E-state index in [-0.39, 0.29) is 11.1 Å². The lowest BCUT2D eigenvalue weighted by atomic mass is 10.2. The van der Waals surface area contributed by atoms with Crippen molar-refractivity contribution in [1.82, 2.24) is 24.5 Å². The molecule has 140 valence electrons. The largest absolute Gasteiger partial charge is 0.287 e. The van der Waals surface area contributed by atoms with Gasteiger partial charge in [-0.2, -0.15) is 10.2 Å². The highest BCUT2D eigenvalue weighted by Gasteiger charge is 2.11. The van der Waals surface area contributed by atoms with Gasteiger partial charge in [0.2, 0.25) is 5.43 Å². The molecular weight excluding hydrogens is 386 g/mol. The molecule has 0 spiro atoms. The summed E-state index contributed by atoms with van der Waals surface area (Å²) in [5, 5.41) is 10.6. The predicted octanol–water partition coefficient (Wildman–Crippen LogP) is 4.29. The number of fused-ring (bicyclic) bond motifs is 1. The van der Waals surface area contributed by atoms with Gasteiger partial charge < -0.3 is 0 Å². The second-order valence-corrected chi connectivity index (χ2v) is 6.92. The van der Waals surface area contributed by atoms with Gasteiger partial charge in [-0.1, -0.05) is 23.7 Å². The minimum absolute atomic E-state index is 0.194. The number of hydrogen-bond donors (Lipinski definition) is 0. The van der Waals surface area contributed by atoms with Crippen LogP contribution in [-0.4, -0.2) is 24.5 Å². The Morgan fingerprint density at radius 3 is 2.52 bits per heavy atom. The van der Waals surface area contributed by atoms with Gasteiger partial charge >= 0.3 is 0 Å². The van der Waals surface area contributed by atoms with Crippen LogP contribution in [0.25, 0.3) is 33.7 Å². The van der Waals surface area contributed by atoms with Crippen LogP contribution in [0.2, 0.25) is 5.02 Å². The topological polar surface area (TPSA) is 65.6 Å². The maximum Gasteiger partial charge on any atom is 0.209 e. The van der Waals surface area contributed by atoms with E-state index in [1.165, 1.54) is 6.07 Å². The molecule has 0 bridgehead atoms. The molecule has 0 aliphatic heterocycles. The summed E-state index contributed by atoms with van der Waals surface area (Å²) in [6, 6.07) is 20.3. The van der Waals surface area contributed by atoms with Crippen molar-refractivity contribution in [2.24, 2.45) is 0 Å². The minimum atomic E-state index is -0.194. The lowest BCUT2D eigenvalue weighted by molar-refractivity contribution is 0.831. The Kier molecular flexibility index (Phi) is 4.18.